The summed E-state index contributed by atoms with van der Waals surface area (Å²) in [5, 5.41) is 3.90. The normalized spacial score (nSPS) is 23.8. The zero-order valence-electron chi connectivity index (χ0n) is 15.9. The van der Waals surface area contributed by atoms with Crippen molar-refractivity contribution in [2.45, 2.75) is 46.1 Å². The molecule has 2 fully saturated rings. The molecule has 2 aliphatic rings. The molecule has 1 aromatic rings. The van der Waals surface area contributed by atoms with E-state index in [9.17, 15) is 14.4 Å². The summed E-state index contributed by atoms with van der Waals surface area (Å²) in [4.78, 5) is 42.9. The lowest BCUT2D eigenvalue weighted by atomic mass is 9.91. The fourth-order valence-corrected chi connectivity index (χ4v) is 4.57. The summed E-state index contributed by atoms with van der Waals surface area (Å²) in [5.74, 6) is -0.0472. The smallest absolute Gasteiger partial charge is 0.246 e. The van der Waals surface area contributed by atoms with Gasteiger partial charge in [0.25, 0.3) is 0 Å². The number of likely N-dealkylation sites (tertiary alicyclic amines) is 1. The third kappa shape index (κ3) is 3.63. The summed E-state index contributed by atoms with van der Waals surface area (Å²) in [6, 6.07) is 1.93. The number of carbonyl (C=O) groups is 3. The second-order valence-corrected chi connectivity index (χ2v) is 9.37. The van der Waals surface area contributed by atoms with Crippen molar-refractivity contribution < 1.29 is 14.4 Å². The molecule has 0 aromatic carbocycles. The van der Waals surface area contributed by atoms with E-state index >= 15 is 0 Å². The summed E-state index contributed by atoms with van der Waals surface area (Å²) in [6.45, 7) is 9.31. The van der Waals surface area contributed by atoms with Crippen molar-refractivity contribution in [1.29, 1.82) is 0 Å². The molecule has 26 heavy (non-hydrogen) atoms. The molecule has 0 bridgehead atoms. The Hall–Kier alpha value is -1.89. The molecule has 1 atom stereocenters. The first-order chi connectivity index (χ1) is 12.1. The van der Waals surface area contributed by atoms with Crippen molar-refractivity contribution in [3.63, 3.8) is 0 Å². The van der Waals surface area contributed by atoms with Crippen LogP contribution in [-0.2, 0) is 14.4 Å². The van der Waals surface area contributed by atoms with Crippen LogP contribution >= 0.6 is 11.3 Å². The van der Waals surface area contributed by atoms with Crippen LogP contribution in [0.2, 0.25) is 0 Å². The highest BCUT2D eigenvalue weighted by Gasteiger charge is 2.51. The lowest BCUT2D eigenvalue weighted by Gasteiger charge is -2.47. The summed E-state index contributed by atoms with van der Waals surface area (Å²) < 4.78 is 0. The number of anilines is 1. The maximum Gasteiger partial charge on any atom is 0.246 e. The molecule has 1 unspecified atom stereocenters. The maximum absolute atomic E-state index is 12.7. The fraction of sp³-hybridized carbons (Fsp3) is 0.632. The fourth-order valence-electron chi connectivity index (χ4n) is 3.93. The van der Waals surface area contributed by atoms with E-state index in [2.05, 4.69) is 20.8 Å². The van der Waals surface area contributed by atoms with Crippen molar-refractivity contribution in [2.75, 3.05) is 31.1 Å². The van der Waals surface area contributed by atoms with Gasteiger partial charge in [-0.1, -0.05) is 20.8 Å². The molecule has 2 aliphatic heterocycles. The van der Waals surface area contributed by atoms with Gasteiger partial charge in [-0.2, -0.15) is 11.3 Å². The number of thiophene rings is 1. The first kappa shape index (κ1) is 18.9. The van der Waals surface area contributed by atoms with E-state index in [1.54, 1.807) is 21.1 Å². The quantitative estimate of drug-likeness (QED) is 0.795. The van der Waals surface area contributed by atoms with Gasteiger partial charge in [-0.15, -0.1) is 0 Å². The second-order valence-electron chi connectivity index (χ2n) is 8.59. The van der Waals surface area contributed by atoms with Gasteiger partial charge in [-0.3, -0.25) is 14.4 Å². The van der Waals surface area contributed by atoms with Crippen molar-refractivity contribution in [1.82, 2.24) is 9.80 Å². The standard InChI is InChI=1S/C19H27N3O3S/c1-14(23)22-10-17(25)21(15-5-8-26-11-15)13-19(22)6-7-20(12-19)16(24)9-18(2,3)4/h5,8,11H,6-7,9-10,12-13H2,1-4H3. The van der Waals surface area contributed by atoms with Gasteiger partial charge in [0.1, 0.15) is 6.54 Å². The van der Waals surface area contributed by atoms with Gasteiger partial charge in [-0.05, 0) is 23.3 Å². The Morgan fingerprint density at radius 3 is 2.58 bits per heavy atom. The van der Waals surface area contributed by atoms with E-state index in [1.165, 1.54) is 6.92 Å². The van der Waals surface area contributed by atoms with Gasteiger partial charge in [0, 0.05) is 31.8 Å². The molecular formula is C19H27N3O3S. The molecule has 3 rings (SSSR count). The zero-order chi connectivity index (χ0) is 19.1. The van der Waals surface area contributed by atoms with Gasteiger partial charge in [-0.25, -0.2) is 0 Å². The van der Waals surface area contributed by atoms with Crippen LogP contribution in [0.4, 0.5) is 5.69 Å². The lowest BCUT2D eigenvalue weighted by molar-refractivity contribution is -0.143. The van der Waals surface area contributed by atoms with Gasteiger partial charge < -0.3 is 14.7 Å². The largest absolute Gasteiger partial charge is 0.340 e. The molecule has 6 nitrogen and oxygen atoms in total. The van der Waals surface area contributed by atoms with Crippen LogP contribution < -0.4 is 4.90 Å². The van der Waals surface area contributed by atoms with E-state index in [1.807, 2.05) is 21.7 Å². The number of hydrogen-bond acceptors (Lipinski definition) is 4. The Bertz CT molecular complexity index is 710. The highest BCUT2D eigenvalue weighted by atomic mass is 32.1. The highest BCUT2D eigenvalue weighted by Crippen LogP contribution is 2.36. The summed E-state index contributed by atoms with van der Waals surface area (Å²) in [7, 11) is 0. The van der Waals surface area contributed by atoms with Crippen molar-refractivity contribution >= 4 is 34.7 Å². The predicted octanol–water partition coefficient (Wildman–Crippen LogP) is 2.35. The molecule has 0 aliphatic carbocycles. The number of hydrogen-bond donors (Lipinski definition) is 0. The Kier molecular flexibility index (Phi) is 4.86. The van der Waals surface area contributed by atoms with Crippen LogP contribution in [0.3, 0.4) is 0 Å². The minimum Gasteiger partial charge on any atom is -0.340 e. The van der Waals surface area contributed by atoms with Gasteiger partial charge in [0.15, 0.2) is 0 Å². The van der Waals surface area contributed by atoms with Gasteiger partial charge in [0.2, 0.25) is 17.7 Å². The molecule has 142 valence electrons. The third-order valence-electron chi connectivity index (χ3n) is 5.18. The van der Waals surface area contributed by atoms with Crippen LogP contribution in [0.15, 0.2) is 16.8 Å². The summed E-state index contributed by atoms with van der Waals surface area (Å²) in [6.07, 6.45) is 1.19. The molecule has 0 N–H and O–H groups in total. The molecule has 1 spiro atoms. The average Bonchev–Trinajstić information content (AvgIpc) is 3.18. The first-order valence-electron chi connectivity index (χ1n) is 9.00. The Labute approximate surface area is 158 Å². The molecule has 0 saturated carbocycles. The van der Waals surface area contributed by atoms with E-state index in [0.29, 0.717) is 32.5 Å². The van der Waals surface area contributed by atoms with Crippen LogP contribution in [0.25, 0.3) is 0 Å². The van der Waals surface area contributed by atoms with E-state index < -0.39 is 5.54 Å². The molecule has 3 heterocycles. The van der Waals surface area contributed by atoms with E-state index in [4.69, 9.17) is 0 Å². The third-order valence-corrected chi connectivity index (χ3v) is 5.85. The average molecular weight is 378 g/mol. The number of rotatable bonds is 2. The second kappa shape index (κ2) is 6.68. The first-order valence-corrected chi connectivity index (χ1v) is 9.94. The minimum atomic E-state index is -0.491. The molecule has 2 saturated heterocycles. The molecular weight excluding hydrogens is 350 g/mol. The van der Waals surface area contributed by atoms with Gasteiger partial charge in [0.05, 0.1) is 17.8 Å². The highest BCUT2D eigenvalue weighted by molar-refractivity contribution is 7.08. The van der Waals surface area contributed by atoms with Crippen LogP contribution in [0.5, 0.6) is 0 Å². The summed E-state index contributed by atoms with van der Waals surface area (Å²) >= 11 is 1.55. The van der Waals surface area contributed by atoms with Crippen LogP contribution in [0, 0.1) is 5.41 Å². The van der Waals surface area contributed by atoms with Gasteiger partial charge >= 0.3 is 0 Å². The maximum atomic E-state index is 12.7. The number of amides is 3. The topological polar surface area (TPSA) is 60.9 Å². The lowest BCUT2D eigenvalue weighted by Crippen LogP contribution is -2.67. The Morgan fingerprint density at radius 2 is 2.00 bits per heavy atom. The molecule has 0 radical (unpaired) electrons. The Balaban J connectivity index is 1.84. The molecule has 3 amide bonds. The number of carbonyl (C=O) groups excluding carboxylic acids is 3. The number of piperazine rings is 1. The minimum absolute atomic E-state index is 0.0660. The number of nitrogens with zero attached hydrogens (tertiary/aromatic N) is 3. The van der Waals surface area contributed by atoms with Crippen LogP contribution in [0.1, 0.15) is 40.5 Å². The monoisotopic (exact) mass is 377 g/mol. The predicted molar refractivity (Wildman–Crippen MR) is 102 cm³/mol. The van der Waals surface area contributed by atoms with Crippen LogP contribution in [-0.4, -0.2) is 59.2 Å². The molecule has 7 heteroatoms. The summed E-state index contributed by atoms with van der Waals surface area (Å²) in [5.41, 5.74) is 0.315. The van der Waals surface area contributed by atoms with Crippen molar-refractivity contribution in [3.05, 3.63) is 16.8 Å². The van der Waals surface area contributed by atoms with Crippen molar-refractivity contribution in [2.24, 2.45) is 5.41 Å². The van der Waals surface area contributed by atoms with Crippen molar-refractivity contribution in [3.8, 4) is 0 Å². The SMILES string of the molecule is CC(=O)N1CC(=O)N(c2ccsc2)CC12CCN(C(=O)CC(C)(C)C)C2. The van der Waals surface area contributed by atoms with E-state index in [-0.39, 0.29) is 29.7 Å². The Morgan fingerprint density at radius 1 is 1.27 bits per heavy atom. The zero-order valence-corrected chi connectivity index (χ0v) is 16.8. The molecule has 1 aromatic heterocycles. The van der Waals surface area contributed by atoms with E-state index in [0.717, 1.165) is 5.69 Å².